The number of nitrogens with zero attached hydrogens (tertiary/aromatic N) is 2. The molecule has 5 heteroatoms. The van der Waals surface area contributed by atoms with Crippen LogP contribution in [-0.4, -0.2) is 17.2 Å². The second-order valence-electron chi connectivity index (χ2n) is 3.44. The first kappa shape index (κ1) is 11.5. The first-order valence-electron chi connectivity index (χ1n) is 4.98. The summed E-state index contributed by atoms with van der Waals surface area (Å²) >= 11 is 2.26. The fourth-order valence-electron chi connectivity index (χ4n) is 1.28. The number of hydrogen-bond acceptors (Lipinski definition) is 4. The highest BCUT2D eigenvalue weighted by atomic mass is 127. The normalized spacial score (nSPS) is 12.7. The Balaban J connectivity index is 2.35. The summed E-state index contributed by atoms with van der Waals surface area (Å²) in [5.41, 5.74) is 0.977. The Morgan fingerprint density at radius 2 is 2.06 bits per heavy atom. The van der Waals surface area contributed by atoms with Crippen molar-refractivity contribution >= 4 is 22.6 Å². The molecular weight excluding hydrogens is 317 g/mol. The smallest absolute Gasteiger partial charge is 0.248 e. The quantitative estimate of drug-likeness (QED) is 0.880. The van der Waals surface area contributed by atoms with Crippen molar-refractivity contribution < 1.29 is 4.42 Å². The average molecular weight is 329 g/mol. The van der Waals surface area contributed by atoms with Crippen molar-refractivity contribution in [2.24, 2.45) is 0 Å². The van der Waals surface area contributed by atoms with Gasteiger partial charge in [0.15, 0.2) is 0 Å². The number of halogens is 1. The summed E-state index contributed by atoms with van der Waals surface area (Å²) in [4.78, 5) is 0. The molecule has 1 aromatic heterocycles. The van der Waals surface area contributed by atoms with E-state index in [9.17, 15) is 0 Å². The minimum absolute atomic E-state index is 0.0719. The average Bonchev–Trinajstić information content (AvgIpc) is 2.78. The van der Waals surface area contributed by atoms with Crippen LogP contribution < -0.4 is 5.32 Å². The molecule has 4 nitrogen and oxygen atoms in total. The molecule has 0 aliphatic heterocycles. The van der Waals surface area contributed by atoms with Crippen LogP contribution in [0.2, 0.25) is 0 Å². The van der Waals surface area contributed by atoms with Crippen LogP contribution in [0.25, 0.3) is 11.5 Å². The zero-order valence-corrected chi connectivity index (χ0v) is 11.2. The van der Waals surface area contributed by atoms with Crippen molar-refractivity contribution in [2.45, 2.75) is 13.0 Å². The third kappa shape index (κ3) is 2.25. The summed E-state index contributed by atoms with van der Waals surface area (Å²) < 4.78 is 6.72. The van der Waals surface area contributed by atoms with Crippen molar-refractivity contribution in [2.75, 3.05) is 7.05 Å². The number of rotatable bonds is 3. The SMILES string of the molecule is CNC(C)c1nnc(-c2ccccc2I)o1. The molecule has 1 N–H and O–H groups in total. The van der Waals surface area contributed by atoms with Crippen molar-refractivity contribution in [3.05, 3.63) is 33.7 Å². The van der Waals surface area contributed by atoms with Crippen molar-refractivity contribution in [3.8, 4) is 11.5 Å². The van der Waals surface area contributed by atoms with Gasteiger partial charge in [0.05, 0.1) is 11.6 Å². The van der Waals surface area contributed by atoms with Gasteiger partial charge in [0, 0.05) is 3.57 Å². The molecule has 2 aromatic rings. The Morgan fingerprint density at radius 3 is 2.75 bits per heavy atom. The topological polar surface area (TPSA) is 51.0 Å². The standard InChI is InChI=1S/C11H12IN3O/c1-7(13-2)10-14-15-11(16-10)8-5-3-4-6-9(8)12/h3-7,13H,1-2H3. The van der Waals surface area contributed by atoms with Gasteiger partial charge in [-0.3, -0.25) is 0 Å². The van der Waals surface area contributed by atoms with Gasteiger partial charge in [-0.05, 0) is 48.7 Å². The number of benzene rings is 1. The summed E-state index contributed by atoms with van der Waals surface area (Å²) in [6, 6.07) is 8.01. The molecule has 0 aliphatic rings. The molecule has 0 saturated carbocycles. The lowest BCUT2D eigenvalue weighted by molar-refractivity contribution is 0.441. The predicted molar refractivity (Wildman–Crippen MR) is 69.9 cm³/mol. The summed E-state index contributed by atoms with van der Waals surface area (Å²) in [5.74, 6) is 1.18. The molecule has 0 amide bonds. The molecule has 16 heavy (non-hydrogen) atoms. The molecule has 0 saturated heterocycles. The molecule has 0 spiro atoms. The maximum atomic E-state index is 5.61. The van der Waals surface area contributed by atoms with Gasteiger partial charge < -0.3 is 9.73 Å². The molecule has 0 aliphatic carbocycles. The Morgan fingerprint density at radius 1 is 1.31 bits per heavy atom. The highest BCUT2D eigenvalue weighted by molar-refractivity contribution is 14.1. The number of hydrogen-bond donors (Lipinski definition) is 1. The Hall–Kier alpha value is -0.950. The monoisotopic (exact) mass is 329 g/mol. The van der Waals surface area contributed by atoms with E-state index in [0.717, 1.165) is 9.13 Å². The molecule has 0 bridgehead atoms. The Bertz CT molecular complexity index is 484. The lowest BCUT2D eigenvalue weighted by atomic mass is 10.2. The van der Waals surface area contributed by atoms with E-state index in [0.29, 0.717) is 11.8 Å². The fraction of sp³-hybridized carbons (Fsp3) is 0.273. The van der Waals surface area contributed by atoms with Gasteiger partial charge in [0.2, 0.25) is 11.8 Å². The first-order chi connectivity index (χ1) is 7.72. The highest BCUT2D eigenvalue weighted by Crippen LogP contribution is 2.24. The molecule has 0 radical (unpaired) electrons. The molecule has 1 unspecified atom stereocenters. The van der Waals surface area contributed by atoms with E-state index in [2.05, 4.69) is 38.1 Å². The second-order valence-corrected chi connectivity index (χ2v) is 4.60. The van der Waals surface area contributed by atoms with Crippen molar-refractivity contribution in [1.29, 1.82) is 0 Å². The van der Waals surface area contributed by atoms with Crippen LogP contribution in [0.15, 0.2) is 28.7 Å². The molecule has 1 heterocycles. The van der Waals surface area contributed by atoms with Crippen LogP contribution in [0.3, 0.4) is 0 Å². The second kappa shape index (κ2) is 4.92. The van der Waals surface area contributed by atoms with E-state index in [-0.39, 0.29) is 6.04 Å². The largest absolute Gasteiger partial charge is 0.419 e. The molecule has 2 rings (SSSR count). The summed E-state index contributed by atoms with van der Waals surface area (Å²) in [7, 11) is 1.86. The van der Waals surface area contributed by atoms with E-state index in [4.69, 9.17) is 4.42 Å². The lowest BCUT2D eigenvalue weighted by Crippen LogP contribution is -2.12. The fourth-order valence-corrected chi connectivity index (χ4v) is 1.89. The first-order valence-corrected chi connectivity index (χ1v) is 6.06. The molecule has 1 atom stereocenters. The molecule has 0 fully saturated rings. The predicted octanol–water partition coefficient (Wildman–Crippen LogP) is 2.62. The van der Waals surface area contributed by atoms with E-state index in [1.165, 1.54) is 0 Å². The van der Waals surface area contributed by atoms with Crippen LogP contribution in [0.5, 0.6) is 0 Å². The van der Waals surface area contributed by atoms with Crippen LogP contribution in [0.4, 0.5) is 0 Å². The van der Waals surface area contributed by atoms with E-state index < -0.39 is 0 Å². The zero-order valence-electron chi connectivity index (χ0n) is 9.07. The van der Waals surface area contributed by atoms with Crippen molar-refractivity contribution in [1.82, 2.24) is 15.5 Å². The highest BCUT2D eigenvalue weighted by Gasteiger charge is 2.14. The lowest BCUT2D eigenvalue weighted by Gasteiger charge is -2.02. The van der Waals surface area contributed by atoms with E-state index in [1.54, 1.807) is 0 Å². The Kier molecular flexibility index (Phi) is 3.55. The summed E-state index contributed by atoms with van der Waals surface area (Å²) in [6.45, 7) is 1.98. The molecule has 84 valence electrons. The maximum absolute atomic E-state index is 5.61. The van der Waals surface area contributed by atoms with Crippen LogP contribution in [-0.2, 0) is 0 Å². The summed E-state index contributed by atoms with van der Waals surface area (Å²) in [6.07, 6.45) is 0. The number of aromatic nitrogens is 2. The minimum Gasteiger partial charge on any atom is -0.419 e. The van der Waals surface area contributed by atoms with Gasteiger partial charge in [0.1, 0.15) is 0 Å². The molecular formula is C11H12IN3O. The number of nitrogens with one attached hydrogen (secondary N) is 1. The van der Waals surface area contributed by atoms with Gasteiger partial charge >= 0.3 is 0 Å². The van der Waals surface area contributed by atoms with Crippen LogP contribution in [0, 0.1) is 3.57 Å². The van der Waals surface area contributed by atoms with Crippen molar-refractivity contribution in [3.63, 3.8) is 0 Å². The van der Waals surface area contributed by atoms with E-state index in [1.807, 2.05) is 38.2 Å². The third-order valence-corrected chi connectivity index (χ3v) is 3.29. The van der Waals surface area contributed by atoms with Gasteiger partial charge in [-0.2, -0.15) is 0 Å². The molecule has 1 aromatic carbocycles. The minimum atomic E-state index is 0.0719. The zero-order chi connectivity index (χ0) is 11.5. The Labute approximate surface area is 108 Å². The van der Waals surface area contributed by atoms with Gasteiger partial charge in [-0.1, -0.05) is 12.1 Å². The third-order valence-electron chi connectivity index (χ3n) is 2.35. The van der Waals surface area contributed by atoms with Gasteiger partial charge in [-0.15, -0.1) is 10.2 Å². The van der Waals surface area contributed by atoms with Gasteiger partial charge in [-0.25, -0.2) is 0 Å². The summed E-state index contributed by atoms with van der Waals surface area (Å²) in [5, 5.41) is 11.1. The van der Waals surface area contributed by atoms with Crippen LogP contribution in [0.1, 0.15) is 18.9 Å². The van der Waals surface area contributed by atoms with Crippen LogP contribution >= 0.6 is 22.6 Å². The maximum Gasteiger partial charge on any atom is 0.248 e. The van der Waals surface area contributed by atoms with Gasteiger partial charge in [0.25, 0.3) is 0 Å². The van der Waals surface area contributed by atoms with E-state index >= 15 is 0 Å².